The Kier molecular flexibility index (Phi) is 3.69. The highest BCUT2D eigenvalue weighted by Gasteiger charge is 1.96. The molecule has 2 heteroatoms. The number of ether oxygens (including phenoxy) is 1. The first-order valence-corrected chi connectivity index (χ1v) is 4.59. The summed E-state index contributed by atoms with van der Waals surface area (Å²) in [5.74, 6) is 0.955. The predicted molar refractivity (Wildman–Crippen MR) is 54.6 cm³/mol. The normalized spacial score (nSPS) is 9.64. The second-order valence-electron chi connectivity index (χ2n) is 2.13. The SMILES string of the molecule is [CH2]CCOc1ccccc1I. The van der Waals surface area contributed by atoms with Crippen molar-refractivity contribution < 1.29 is 4.74 Å². The van der Waals surface area contributed by atoms with Gasteiger partial charge in [0.05, 0.1) is 10.2 Å². The maximum atomic E-state index is 5.42. The van der Waals surface area contributed by atoms with E-state index in [0.717, 1.165) is 15.7 Å². The summed E-state index contributed by atoms with van der Waals surface area (Å²) in [4.78, 5) is 0. The highest BCUT2D eigenvalue weighted by Crippen LogP contribution is 2.19. The minimum absolute atomic E-state index is 0.694. The van der Waals surface area contributed by atoms with E-state index in [4.69, 9.17) is 4.74 Å². The van der Waals surface area contributed by atoms with Gasteiger partial charge in [-0.05, 0) is 48.1 Å². The number of rotatable bonds is 3. The van der Waals surface area contributed by atoms with Crippen molar-refractivity contribution in [2.45, 2.75) is 6.42 Å². The third-order valence-electron chi connectivity index (χ3n) is 1.24. The molecule has 0 aliphatic heterocycles. The summed E-state index contributed by atoms with van der Waals surface area (Å²) in [5, 5.41) is 0. The van der Waals surface area contributed by atoms with Crippen molar-refractivity contribution in [1.82, 2.24) is 0 Å². The van der Waals surface area contributed by atoms with Gasteiger partial charge < -0.3 is 4.74 Å². The molecule has 0 aromatic heterocycles. The fourth-order valence-corrected chi connectivity index (χ4v) is 1.29. The zero-order valence-electron chi connectivity index (χ0n) is 6.22. The van der Waals surface area contributed by atoms with Gasteiger partial charge >= 0.3 is 0 Å². The molecule has 0 saturated carbocycles. The Labute approximate surface area is 80.9 Å². The van der Waals surface area contributed by atoms with E-state index < -0.39 is 0 Å². The quantitative estimate of drug-likeness (QED) is 0.760. The Morgan fingerprint density at radius 1 is 1.36 bits per heavy atom. The molecule has 0 aliphatic carbocycles. The molecule has 59 valence electrons. The van der Waals surface area contributed by atoms with E-state index in [1.54, 1.807) is 0 Å². The first-order chi connectivity index (χ1) is 5.34. The van der Waals surface area contributed by atoms with Crippen LogP contribution in [0.1, 0.15) is 6.42 Å². The lowest BCUT2D eigenvalue weighted by molar-refractivity contribution is 0.322. The van der Waals surface area contributed by atoms with Crippen LogP contribution in [-0.4, -0.2) is 6.61 Å². The Morgan fingerprint density at radius 3 is 2.73 bits per heavy atom. The van der Waals surface area contributed by atoms with Crippen molar-refractivity contribution in [3.05, 3.63) is 34.8 Å². The zero-order valence-corrected chi connectivity index (χ0v) is 8.37. The van der Waals surface area contributed by atoms with E-state index in [1.165, 1.54) is 0 Å². The molecule has 0 aliphatic rings. The maximum Gasteiger partial charge on any atom is 0.132 e. The summed E-state index contributed by atoms with van der Waals surface area (Å²) >= 11 is 2.25. The first kappa shape index (κ1) is 8.84. The third-order valence-corrected chi connectivity index (χ3v) is 2.13. The Balaban J connectivity index is 2.62. The lowest BCUT2D eigenvalue weighted by Gasteiger charge is -2.05. The van der Waals surface area contributed by atoms with Crippen LogP contribution in [0.25, 0.3) is 0 Å². The van der Waals surface area contributed by atoms with Crippen LogP contribution in [-0.2, 0) is 0 Å². The second kappa shape index (κ2) is 4.59. The molecular weight excluding hydrogens is 251 g/mol. The smallest absolute Gasteiger partial charge is 0.132 e. The molecule has 1 aromatic rings. The van der Waals surface area contributed by atoms with Gasteiger partial charge in [-0.25, -0.2) is 0 Å². The van der Waals surface area contributed by atoms with Crippen molar-refractivity contribution >= 4 is 22.6 Å². The predicted octanol–water partition coefficient (Wildman–Crippen LogP) is 2.89. The largest absolute Gasteiger partial charge is 0.492 e. The van der Waals surface area contributed by atoms with Crippen LogP contribution >= 0.6 is 22.6 Å². The van der Waals surface area contributed by atoms with Gasteiger partial charge in [-0.1, -0.05) is 12.1 Å². The Bertz CT molecular complexity index is 223. The van der Waals surface area contributed by atoms with Crippen LogP contribution < -0.4 is 4.74 Å². The van der Waals surface area contributed by atoms with Gasteiger partial charge in [-0.3, -0.25) is 0 Å². The van der Waals surface area contributed by atoms with Crippen LogP contribution in [0.4, 0.5) is 0 Å². The van der Waals surface area contributed by atoms with Crippen molar-refractivity contribution in [3.8, 4) is 5.75 Å². The van der Waals surface area contributed by atoms with E-state index >= 15 is 0 Å². The molecular formula is C9H10IO. The molecule has 0 unspecified atom stereocenters. The van der Waals surface area contributed by atoms with Gasteiger partial charge in [-0.15, -0.1) is 0 Å². The van der Waals surface area contributed by atoms with E-state index in [9.17, 15) is 0 Å². The molecule has 0 fully saturated rings. The van der Waals surface area contributed by atoms with E-state index in [2.05, 4.69) is 29.5 Å². The molecule has 1 nitrogen and oxygen atoms in total. The lowest BCUT2D eigenvalue weighted by Crippen LogP contribution is -1.96. The average Bonchev–Trinajstić information content (AvgIpc) is 2.03. The molecule has 0 amide bonds. The molecule has 0 saturated heterocycles. The summed E-state index contributed by atoms with van der Waals surface area (Å²) in [6, 6.07) is 7.97. The van der Waals surface area contributed by atoms with Crippen LogP contribution in [0.2, 0.25) is 0 Å². The Morgan fingerprint density at radius 2 is 2.09 bits per heavy atom. The summed E-state index contributed by atoms with van der Waals surface area (Å²) in [6.45, 7) is 4.40. The van der Waals surface area contributed by atoms with Gasteiger partial charge in [-0.2, -0.15) is 0 Å². The van der Waals surface area contributed by atoms with Gasteiger partial charge in [0.15, 0.2) is 0 Å². The molecule has 0 spiro atoms. The molecule has 0 N–H and O–H groups in total. The molecule has 1 rings (SSSR count). The third kappa shape index (κ3) is 2.69. The number of hydrogen-bond acceptors (Lipinski definition) is 1. The van der Waals surface area contributed by atoms with Crippen molar-refractivity contribution in [1.29, 1.82) is 0 Å². The lowest BCUT2D eigenvalue weighted by atomic mass is 10.3. The van der Waals surface area contributed by atoms with Crippen LogP contribution in [0.5, 0.6) is 5.75 Å². The summed E-state index contributed by atoms with van der Waals surface area (Å²) in [7, 11) is 0. The number of halogens is 1. The number of benzene rings is 1. The van der Waals surface area contributed by atoms with Gasteiger partial charge in [0, 0.05) is 0 Å². The standard InChI is InChI=1S/C9H10IO/c1-2-7-11-9-6-4-3-5-8(9)10/h3-6H,1-2,7H2. The van der Waals surface area contributed by atoms with Gasteiger partial charge in [0.2, 0.25) is 0 Å². The fourth-order valence-electron chi connectivity index (χ4n) is 0.744. The average molecular weight is 261 g/mol. The topological polar surface area (TPSA) is 9.23 Å². The summed E-state index contributed by atoms with van der Waals surface area (Å²) < 4.78 is 6.57. The van der Waals surface area contributed by atoms with Crippen LogP contribution in [0.15, 0.2) is 24.3 Å². The highest BCUT2D eigenvalue weighted by molar-refractivity contribution is 14.1. The maximum absolute atomic E-state index is 5.42. The molecule has 0 heterocycles. The fraction of sp³-hybridized carbons (Fsp3) is 0.222. The van der Waals surface area contributed by atoms with Crippen molar-refractivity contribution in [3.63, 3.8) is 0 Å². The zero-order chi connectivity index (χ0) is 8.10. The molecule has 1 aromatic carbocycles. The minimum Gasteiger partial charge on any atom is -0.492 e. The molecule has 1 radical (unpaired) electrons. The molecule has 0 atom stereocenters. The van der Waals surface area contributed by atoms with E-state index in [-0.39, 0.29) is 0 Å². The number of hydrogen-bond donors (Lipinski definition) is 0. The van der Waals surface area contributed by atoms with Crippen molar-refractivity contribution in [2.75, 3.05) is 6.61 Å². The summed E-state index contributed by atoms with van der Waals surface area (Å²) in [6.07, 6.45) is 0.810. The van der Waals surface area contributed by atoms with E-state index in [1.807, 2.05) is 24.3 Å². The second-order valence-corrected chi connectivity index (χ2v) is 3.29. The minimum atomic E-state index is 0.694. The van der Waals surface area contributed by atoms with Crippen LogP contribution in [0.3, 0.4) is 0 Å². The molecule has 0 bridgehead atoms. The van der Waals surface area contributed by atoms with E-state index in [0.29, 0.717) is 6.61 Å². The Hall–Kier alpha value is -0.250. The highest BCUT2D eigenvalue weighted by atomic mass is 127. The van der Waals surface area contributed by atoms with Gasteiger partial charge in [0.25, 0.3) is 0 Å². The molecule has 11 heavy (non-hydrogen) atoms. The van der Waals surface area contributed by atoms with Crippen LogP contribution in [0, 0.1) is 10.5 Å². The number of para-hydroxylation sites is 1. The van der Waals surface area contributed by atoms with Crippen molar-refractivity contribution in [2.24, 2.45) is 0 Å². The summed E-state index contributed by atoms with van der Waals surface area (Å²) in [5.41, 5.74) is 0. The van der Waals surface area contributed by atoms with Gasteiger partial charge in [0.1, 0.15) is 5.75 Å². The monoisotopic (exact) mass is 261 g/mol. The first-order valence-electron chi connectivity index (χ1n) is 3.51.